The third kappa shape index (κ3) is 17.7. The van der Waals surface area contributed by atoms with Crippen LogP contribution in [0.3, 0.4) is 0 Å². The molecule has 1 aliphatic rings. The van der Waals surface area contributed by atoms with Crippen molar-refractivity contribution in [3.63, 3.8) is 0 Å². The first-order valence-electron chi connectivity index (χ1n) is 14.3. The molecule has 1 rings (SSSR count). The Labute approximate surface area is 199 Å². The molecule has 0 aromatic heterocycles. The van der Waals surface area contributed by atoms with Crippen molar-refractivity contribution < 1.29 is 14.3 Å². The summed E-state index contributed by atoms with van der Waals surface area (Å²) in [7, 11) is 0. The highest BCUT2D eigenvalue weighted by atomic mass is 16.5. The molecule has 1 fully saturated rings. The van der Waals surface area contributed by atoms with Crippen molar-refractivity contribution >= 4 is 11.8 Å². The summed E-state index contributed by atoms with van der Waals surface area (Å²) in [6.07, 6.45) is 25.6. The molecule has 0 unspecified atom stereocenters. The van der Waals surface area contributed by atoms with Crippen LogP contribution in [0.2, 0.25) is 0 Å². The van der Waals surface area contributed by atoms with Crippen LogP contribution in [0.4, 0.5) is 0 Å². The molecule has 0 N–H and O–H groups in total. The summed E-state index contributed by atoms with van der Waals surface area (Å²) < 4.78 is 5.48. The zero-order chi connectivity index (χ0) is 23.3. The van der Waals surface area contributed by atoms with Crippen LogP contribution in [0.1, 0.15) is 155 Å². The zero-order valence-electron chi connectivity index (χ0n) is 21.6. The number of rotatable bonds is 24. The number of hydrogen-bond acceptors (Lipinski definition) is 3. The summed E-state index contributed by atoms with van der Waals surface area (Å²) in [5.74, 6) is 1.92. The highest BCUT2D eigenvalue weighted by Crippen LogP contribution is 2.42. The quantitative estimate of drug-likeness (QED) is 0.109. The predicted octanol–water partition coefficient (Wildman–Crippen LogP) is 8.97. The number of hydrogen-bond donors (Lipinski definition) is 0. The van der Waals surface area contributed by atoms with Crippen LogP contribution >= 0.6 is 0 Å². The van der Waals surface area contributed by atoms with Gasteiger partial charge in [0.05, 0.1) is 6.61 Å². The van der Waals surface area contributed by atoms with Gasteiger partial charge in [-0.15, -0.1) is 0 Å². The molecule has 1 saturated carbocycles. The molecule has 0 saturated heterocycles. The van der Waals surface area contributed by atoms with Gasteiger partial charge in [0.15, 0.2) is 0 Å². The fourth-order valence-electron chi connectivity index (χ4n) is 4.68. The molecular formula is C29H54O3. The number of unbranched alkanes of at least 4 members (excludes halogenated alkanes) is 14. The Balaban J connectivity index is 1.79. The zero-order valence-corrected chi connectivity index (χ0v) is 21.6. The fourth-order valence-corrected chi connectivity index (χ4v) is 4.68. The van der Waals surface area contributed by atoms with Gasteiger partial charge in [0.2, 0.25) is 0 Å². The standard InChI is InChI=1S/C29H54O3/c1-3-5-7-9-10-13-17-21-28(30)22-18-14-11-12-15-19-23-29(31)32-25-27-24-26(27)20-16-8-6-4-2/h26-27H,3-25H2,1-2H3/t26-,27+/m0/s1. The van der Waals surface area contributed by atoms with E-state index in [0.29, 0.717) is 24.7 Å². The highest BCUT2D eigenvalue weighted by Gasteiger charge is 2.36. The highest BCUT2D eigenvalue weighted by molar-refractivity contribution is 5.78. The Kier molecular flexibility index (Phi) is 18.9. The summed E-state index contributed by atoms with van der Waals surface area (Å²) in [5, 5.41) is 0. The average Bonchev–Trinajstić information content (AvgIpc) is 3.54. The third-order valence-electron chi connectivity index (χ3n) is 7.10. The molecular weight excluding hydrogens is 396 g/mol. The minimum atomic E-state index is -0.00223. The average molecular weight is 451 g/mol. The first-order valence-corrected chi connectivity index (χ1v) is 14.3. The van der Waals surface area contributed by atoms with Gasteiger partial charge >= 0.3 is 5.97 Å². The summed E-state index contributed by atoms with van der Waals surface area (Å²) in [4.78, 5) is 23.9. The van der Waals surface area contributed by atoms with Crippen molar-refractivity contribution in [3.05, 3.63) is 0 Å². The molecule has 0 radical (unpaired) electrons. The number of ketones is 1. The van der Waals surface area contributed by atoms with Gasteiger partial charge in [-0.05, 0) is 37.5 Å². The summed E-state index contributed by atoms with van der Waals surface area (Å²) in [5.41, 5.74) is 0. The molecule has 0 aromatic carbocycles. The van der Waals surface area contributed by atoms with Crippen LogP contribution in [0.5, 0.6) is 0 Å². The van der Waals surface area contributed by atoms with E-state index < -0.39 is 0 Å². The maximum atomic E-state index is 11.9. The normalized spacial score (nSPS) is 17.4. The summed E-state index contributed by atoms with van der Waals surface area (Å²) >= 11 is 0. The van der Waals surface area contributed by atoms with E-state index in [0.717, 1.165) is 50.9 Å². The van der Waals surface area contributed by atoms with Crippen LogP contribution < -0.4 is 0 Å². The van der Waals surface area contributed by atoms with E-state index in [2.05, 4.69) is 13.8 Å². The molecule has 0 aliphatic heterocycles. The van der Waals surface area contributed by atoms with Gasteiger partial charge < -0.3 is 4.74 Å². The van der Waals surface area contributed by atoms with Crippen LogP contribution in [0, 0.1) is 11.8 Å². The number of ether oxygens (including phenoxy) is 1. The van der Waals surface area contributed by atoms with Gasteiger partial charge in [-0.3, -0.25) is 9.59 Å². The van der Waals surface area contributed by atoms with Gasteiger partial charge in [-0.2, -0.15) is 0 Å². The second-order valence-corrected chi connectivity index (χ2v) is 10.3. The third-order valence-corrected chi connectivity index (χ3v) is 7.10. The van der Waals surface area contributed by atoms with Gasteiger partial charge in [0.1, 0.15) is 5.78 Å². The van der Waals surface area contributed by atoms with Gasteiger partial charge in [-0.25, -0.2) is 0 Å². The van der Waals surface area contributed by atoms with Crippen molar-refractivity contribution in [1.82, 2.24) is 0 Å². The fraction of sp³-hybridized carbons (Fsp3) is 0.931. The Morgan fingerprint density at radius 2 is 1.06 bits per heavy atom. The van der Waals surface area contributed by atoms with Gasteiger partial charge in [0.25, 0.3) is 0 Å². The molecule has 0 amide bonds. The van der Waals surface area contributed by atoms with E-state index >= 15 is 0 Å². The lowest BCUT2D eigenvalue weighted by atomic mass is 10.0. The largest absolute Gasteiger partial charge is 0.465 e. The second kappa shape index (κ2) is 20.7. The Morgan fingerprint density at radius 3 is 1.62 bits per heavy atom. The van der Waals surface area contributed by atoms with E-state index in [1.165, 1.54) is 89.9 Å². The van der Waals surface area contributed by atoms with Crippen molar-refractivity contribution in [3.8, 4) is 0 Å². The Bertz CT molecular complexity index is 459. The van der Waals surface area contributed by atoms with E-state index in [4.69, 9.17) is 4.74 Å². The molecule has 1 aliphatic carbocycles. The lowest BCUT2D eigenvalue weighted by molar-refractivity contribution is -0.144. The molecule has 0 heterocycles. The Morgan fingerprint density at radius 1 is 0.594 bits per heavy atom. The first kappa shape index (κ1) is 29.2. The smallest absolute Gasteiger partial charge is 0.305 e. The minimum absolute atomic E-state index is 0.00223. The van der Waals surface area contributed by atoms with E-state index in [9.17, 15) is 9.59 Å². The number of carbonyl (C=O) groups is 2. The number of carbonyl (C=O) groups excluding carboxylic acids is 2. The number of esters is 1. The molecule has 0 bridgehead atoms. The lowest BCUT2D eigenvalue weighted by Gasteiger charge is -2.05. The summed E-state index contributed by atoms with van der Waals surface area (Å²) in [6, 6.07) is 0. The molecule has 3 nitrogen and oxygen atoms in total. The lowest BCUT2D eigenvalue weighted by Crippen LogP contribution is -2.07. The van der Waals surface area contributed by atoms with Crippen LogP contribution in [-0.2, 0) is 14.3 Å². The molecule has 32 heavy (non-hydrogen) atoms. The van der Waals surface area contributed by atoms with E-state index in [1.807, 2.05) is 0 Å². The number of Topliss-reactive ketones (excluding diaryl/α,β-unsaturated/α-hetero) is 1. The Hall–Kier alpha value is -0.860. The monoisotopic (exact) mass is 450 g/mol. The first-order chi connectivity index (χ1) is 15.7. The minimum Gasteiger partial charge on any atom is -0.465 e. The van der Waals surface area contributed by atoms with E-state index in [1.54, 1.807) is 0 Å². The summed E-state index contributed by atoms with van der Waals surface area (Å²) in [6.45, 7) is 5.15. The molecule has 3 heteroatoms. The molecule has 188 valence electrons. The van der Waals surface area contributed by atoms with Gasteiger partial charge in [0, 0.05) is 19.3 Å². The van der Waals surface area contributed by atoms with Crippen molar-refractivity contribution in [1.29, 1.82) is 0 Å². The molecule has 0 spiro atoms. The van der Waals surface area contributed by atoms with Crippen LogP contribution in [-0.4, -0.2) is 18.4 Å². The van der Waals surface area contributed by atoms with Crippen LogP contribution in [0.25, 0.3) is 0 Å². The SMILES string of the molecule is CCCCCCCCCC(=O)CCCCCCCCC(=O)OC[C@H]1C[C@@H]1CCCCCC. The maximum Gasteiger partial charge on any atom is 0.305 e. The maximum absolute atomic E-state index is 11.9. The van der Waals surface area contributed by atoms with Crippen molar-refractivity contribution in [2.75, 3.05) is 6.61 Å². The van der Waals surface area contributed by atoms with E-state index in [-0.39, 0.29) is 5.97 Å². The van der Waals surface area contributed by atoms with Crippen LogP contribution in [0.15, 0.2) is 0 Å². The topological polar surface area (TPSA) is 43.4 Å². The molecule has 0 aromatic rings. The second-order valence-electron chi connectivity index (χ2n) is 10.3. The van der Waals surface area contributed by atoms with Gasteiger partial charge in [-0.1, -0.05) is 110 Å². The molecule has 2 atom stereocenters. The predicted molar refractivity (Wildman–Crippen MR) is 136 cm³/mol. The van der Waals surface area contributed by atoms with Crippen molar-refractivity contribution in [2.45, 2.75) is 155 Å². The van der Waals surface area contributed by atoms with Crippen molar-refractivity contribution in [2.24, 2.45) is 11.8 Å².